The van der Waals surface area contributed by atoms with Crippen LogP contribution in [0, 0.1) is 0 Å². The largest absolute Gasteiger partial charge is 0.455 e. The first-order valence-electron chi connectivity index (χ1n) is 15.5. The third-order valence-electron chi connectivity index (χ3n) is 8.90. The highest BCUT2D eigenvalue weighted by Gasteiger charge is 2.19. The molecule has 0 aliphatic heterocycles. The topological polar surface area (TPSA) is 38.9 Å². The molecule has 2 aromatic heterocycles. The maximum atomic E-state index is 6.69. The zero-order chi connectivity index (χ0) is 29.7. The smallest absolute Gasteiger partial charge is 0.160 e. The van der Waals surface area contributed by atoms with Crippen molar-refractivity contribution < 1.29 is 4.42 Å². The predicted molar refractivity (Wildman–Crippen MR) is 187 cm³/mol. The molecule has 0 unspecified atom stereocenters. The minimum atomic E-state index is 0.736. The fourth-order valence-corrected chi connectivity index (χ4v) is 6.72. The molecule has 45 heavy (non-hydrogen) atoms. The predicted octanol–water partition coefficient (Wildman–Crippen LogP) is 11.4. The summed E-state index contributed by atoms with van der Waals surface area (Å²) in [5.74, 6) is 0.736. The highest BCUT2D eigenvalue weighted by atomic mass is 16.3. The van der Waals surface area contributed by atoms with E-state index in [1.54, 1.807) is 0 Å². The van der Waals surface area contributed by atoms with Crippen molar-refractivity contribution in [2.24, 2.45) is 0 Å². The molecule has 0 N–H and O–H groups in total. The summed E-state index contributed by atoms with van der Waals surface area (Å²) in [6, 6.07) is 44.9. The fourth-order valence-electron chi connectivity index (χ4n) is 6.72. The second-order valence-electron chi connectivity index (χ2n) is 11.7. The number of nitrogens with zero attached hydrogens (tertiary/aromatic N) is 2. The molecule has 0 fully saturated rings. The monoisotopic (exact) mass is 576 g/mol. The van der Waals surface area contributed by atoms with Gasteiger partial charge in [0, 0.05) is 27.5 Å². The van der Waals surface area contributed by atoms with Crippen molar-refractivity contribution in [1.29, 1.82) is 0 Å². The van der Waals surface area contributed by atoms with E-state index in [4.69, 9.17) is 14.4 Å². The van der Waals surface area contributed by atoms with Crippen molar-refractivity contribution in [2.45, 2.75) is 12.8 Å². The molecule has 9 rings (SSSR count). The molecule has 0 bridgehead atoms. The van der Waals surface area contributed by atoms with Gasteiger partial charge >= 0.3 is 0 Å². The van der Waals surface area contributed by atoms with Crippen LogP contribution in [0.15, 0.2) is 150 Å². The molecule has 0 radical (unpaired) electrons. The van der Waals surface area contributed by atoms with E-state index in [2.05, 4.69) is 127 Å². The Labute approximate surface area is 260 Å². The maximum Gasteiger partial charge on any atom is 0.160 e. The lowest BCUT2D eigenvalue weighted by Gasteiger charge is -2.11. The second-order valence-corrected chi connectivity index (χ2v) is 11.7. The van der Waals surface area contributed by atoms with Gasteiger partial charge in [-0.25, -0.2) is 9.97 Å². The zero-order valence-corrected chi connectivity index (χ0v) is 24.6. The molecule has 6 aromatic carbocycles. The van der Waals surface area contributed by atoms with Gasteiger partial charge in [-0.3, -0.25) is 0 Å². The van der Waals surface area contributed by atoms with E-state index >= 15 is 0 Å². The van der Waals surface area contributed by atoms with Gasteiger partial charge in [-0.05, 0) is 69.8 Å². The van der Waals surface area contributed by atoms with Crippen molar-refractivity contribution >= 4 is 49.1 Å². The Kier molecular flexibility index (Phi) is 5.95. The van der Waals surface area contributed by atoms with Crippen LogP contribution < -0.4 is 0 Å². The molecule has 0 spiro atoms. The first kappa shape index (κ1) is 25.7. The summed E-state index contributed by atoms with van der Waals surface area (Å²) in [7, 11) is 0. The number of para-hydroxylation sites is 1. The third kappa shape index (κ3) is 4.36. The molecule has 0 saturated carbocycles. The van der Waals surface area contributed by atoms with Gasteiger partial charge in [0.2, 0.25) is 0 Å². The van der Waals surface area contributed by atoms with Crippen LogP contribution >= 0.6 is 0 Å². The van der Waals surface area contributed by atoms with Gasteiger partial charge < -0.3 is 4.42 Å². The van der Waals surface area contributed by atoms with Crippen LogP contribution in [-0.4, -0.2) is 9.97 Å². The Hall–Kier alpha value is -5.80. The van der Waals surface area contributed by atoms with Gasteiger partial charge in [0.05, 0.1) is 11.4 Å². The number of fused-ring (bicyclic) bond motifs is 6. The molecule has 212 valence electrons. The SMILES string of the molecule is C1=CC(c2nc(-c3ccccc3)cc(-c3cccc4c3oc3cccc(-c5ccc6c(ccc7ccccc76)c5)c34)n2)=CCC1. The summed E-state index contributed by atoms with van der Waals surface area (Å²) in [5, 5.41) is 7.22. The molecule has 1 aliphatic rings. The minimum absolute atomic E-state index is 0.736. The molecular weight excluding hydrogens is 548 g/mol. The van der Waals surface area contributed by atoms with Crippen molar-refractivity contribution in [2.75, 3.05) is 0 Å². The Bertz CT molecular complexity index is 2480. The minimum Gasteiger partial charge on any atom is -0.455 e. The van der Waals surface area contributed by atoms with E-state index in [9.17, 15) is 0 Å². The number of hydrogen-bond donors (Lipinski definition) is 0. The molecule has 3 heteroatoms. The van der Waals surface area contributed by atoms with Crippen molar-refractivity contribution in [3.8, 4) is 33.6 Å². The van der Waals surface area contributed by atoms with Crippen LogP contribution in [0.25, 0.3) is 82.7 Å². The Morgan fingerprint density at radius 3 is 2.22 bits per heavy atom. The molecule has 2 heterocycles. The van der Waals surface area contributed by atoms with Crippen LogP contribution in [0.2, 0.25) is 0 Å². The average Bonchev–Trinajstić information content (AvgIpc) is 3.51. The summed E-state index contributed by atoms with van der Waals surface area (Å²) in [6.07, 6.45) is 8.60. The van der Waals surface area contributed by atoms with Crippen molar-refractivity contribution in [1.82, 2.24) is 9.97 Å². The number of furan rings is 1. The van der Waals surface area contributed by atoms with E-state index in [0.29, 0.717) is 0 Å². The van der Waals surface area contributed by atoms with Gasteiger partial charge in [-0.15, -0.1) is 0 Å². The van der Waals surface area contributed by atoms with Crippen molar-refractivity contribution in [3.63, 3.8) is 0 Å². The number of hydrogen-bond acceptors (Lipinski definition) is 3. The number of rotatable bonds is 4. The molecule has 1 aliphatic carbocycles. The molecule has 0 saturated heterocycles. The average molecular weight is 577 g/mol. The summed E-state index contributed by atoms with van der Waals surface area (Å²) in [5.41, 5.74) is 8.85. The second kappa shape index (κ2) is 10.4. The van der Waals surface area contributed by atoms with E-state index in [0.717, 1.165) is 74.3 Å². The fraction of sp³-hybridized carbons (Fsp3) is 0.0476. The number of aromatic nitrogens is 2. The van der Waals surface area contributed by atoms with Gasteiger partial charge in [0.25, 0.3) is 0 Å². The van der Waals surface area contributed by atoms with E-state index in [1.807, 2.05) is 18.2 Å². The molecule has 0 atom stereocenters. The lowest BCUT2D eigenvalue weighted by molar-refractivity contribution is 0.670. The van der Waals surface area contributed by atoms with Crippen LogP contribution in [0.4, 0.5) is 0 Å². The molecule has 8 aromatic rings. The van der Waals surface area contributed by atoms with Crippen molar-refractivity contribution in [3.05, 3.63) is 151 Å². The van der Waals surface area contributed by atoms with E-state index in [1.165, 1.54) is 27.1 Å². The van der Waals surface area contributed by atoms with Gasteiger partial charge in [0.1, 0.15) is 11.2 Å². The standard InChI is InChI=1S/C42H28N2O/c1-3-12-28(13-4-1)37-26-38(44-42(43-37)29-14-5-2-6-15-29)35-18-9-19-36-40-34(17-10-20-39(40)45-41(35)36)31-23-24-33-30(25-31)22-21-27-11-7-8-16-32(27)33/h1,3-5,7-26H,2,6H2. The molecular formula is C42H28N2O. The normalized spacial score (nSPS) is 13.2. The van der Waals surface area contributed by atoms with Crippen LogP contribution in [0.3, 0.4) is 0 Å². The van der Waals surface area contributed by atoms with Gasteiger partial charge in [-0.2, -0.15) is 0 Å². The first-order valence-corrected chi connectivity index (χ1v) is 15.5. The quantitative estimate of drug-likeness (QED) is 0.196. The van der Waals surface area contributed by atoms with Crippen LogP contribution in [0.1, 0.15) is 18.7 Å². The maximum absolute atomic E-state index is 6.69. The highest BCUT2D eigenvalue weighted by Crippen LogP contribution is 2.41. The molecule has 0 amide bonds. The summed E-state index contributed by atoms with van der Waals surface area (Å²) in [4.78, 5) is 10.1. The Balaban J connectivity index is 1.24. The van der Waals surface area contributed by atoms with Gasteiger partial charge in [0.15, 0.2) is 5.82 Å². The van der Waals surface area contributed by atoms with E-state index in [-0.39, 0.29) is 0 Å². The lowest BCUT2D eigenvalue weighted by Crippen LogP contribution is -1.99. The zero-order valence-electron chi connectivity index (χ0n) is 24.6. The van der Waals surface area contributed by atoms with Gasteiger partial charge in [-0.1, -0.05) is 121 Å². The number of benzene rings is 6. The van der Waals surface area contributed by atoms with Crippen LogP contribution in [0.5, 0.6) is 0 Å². The summed E-state index contributed by atoms with van der Waals surface area (Å²) in [6.45, 7) is 0. The number of allylic oxidation sites excluding steroid dienone is 4. The summed E-state index contributed by atoms with van der Waals surface area (Å²) < 4.78 is 6.69. The Morgan fingerprint density at radius 1 is 0.533 bits per heavy atom. The highest BCUT2D eigenvalue weighted by molar-refractivity contribution is 6.16. The molecule has 3 nitrogen and oxygen atoms in total. The Morgan fingerprint density at radius 2 is 1.31 bits per heavy atom. The first-order chi connectivity index (χ1) is 22.3. The third-order valence-corrected chi connectivity index (χ3v) is 8.90. The summed E-state index contributed by atoms with van der Waals surface area (Å²) >= 11 is 0. The lowest BCUT2D eigenvalue weighted by atomic mass is 9.94. The van der Waals surface area contributed by atoms with E-state index < -0.39 is 0 Å². The van der Waals surface area contributed by atoms with Crippen LogP contribution in [-0.2, 0) is 0 Å².